The molecule has 1 spiro atoms. The first kappa shape index (κ1) is 35.3. The average molecular weight is 779 g/mol. The predicted octanol–water partition coefficient (Wildman–Crippen LogP) is 15.9. The molecule has 2 aliphatic rings. The van der Waals surface area contributed by atoms with Crippen molar-refractivity contribution in [1.29, 1.82) is 0 Å². The summed E-state index contributed by atoms with van der Waals surface area (Å²) in [6.07, 6.45) is 0. The number of anilines is 6. The molecule has 0 N–H and O–H groups in total. The summed E-state index contributed by atoms with van der Waals surface area (Å²) >= 11 is 0. The first-order chi connectivity index (χ1) is 30.1. The van der Waals surface area contributed by atoms with Crippen LogP contribution in [0.2, 0.25) is 0 Å². The normalized spacial score (nSPS) is 12.9. The predicted molar refractivity (Wildman–Crippen MR) is 257 cm³/mol. The third kappa shape index (κ3) is 5.15. The van der Waals surface area contributed by atoms with Crippen LogP contribution >= 0.6 is 0 Å². The molecule has 0 saturated heterocycles. The Labute approximate surface area is 357 Å². The minimum Gasteiger partial charge on any atom is -0.310 e. The third-order valence-electron chi connectivity index (χ3n) is 13.3. The molecular weight excluding hydrogens is 737 g/mol. The topological polar surface area (TPSA) is 6.48 Å². The zero-order chi connectivity index (χ0) is 40.7. The molecule has 2 nitrogen and oxygen atoms in total. The van der Waals surface area contributed by atoms with Gasteiger partial charge in [-0.1, -0.05) is 158 Å². The van der Waals surface area contributed by atoms with E-state index >= 15 is 0 Å². The molecule has 12 rings (SSSR count). The van der Waals surface area contributed by atoms with Gasteiger partial charge >= 0.3 is 0 Å². The molecule has 2 aliphatic carbocycles. The summed E-state index contributed by atoms with van der Waals surface area (Å²) in [4.78, 5) is 4.79. The summed E-state index contributed by atoms with van der Waals surface area (Å²) in [5.41, 5.74) is 19.5. The van der Waals surface area contributed by atoms with Gasteiger partial charge in [-0.25, -0.2) is 0 Å². The summed E-state index contributed by atoms with van der Waals surface area (Å²) in [6, 6.07) is 80.9. The quantitative estimate of drug-likeness (QED) is 0.166. The molecule has 0 saturated carbocycles. The van der Waals surface area contributed by atoms with Crippen molar-refractivity contribution >= 4 is 55.7 Å². The van der Waals surface area contributed by atoms with Crippen molar-refractivity contribution in [1.82, 2.24) is 0 Å². The fraction of sp³-hybridized carbons (Fsp3) is 0.0508. The third-order valence-corrected chi connectivity index (χ3v) is 13.3. The lowest BCUT2D eigenvalue weighted by molar-refractivity contribution is 0.809. The van der Waals surface area contributed by atoms with Crippen LogP contribution in [0.4, 0.5) is 34.1 Å². The van der Waals surface area contributed by atoms with Crippen LogP contribution in [0.25, 0.3) is 43.8 Å². The molecule has 10 aromatic rings. The van der Waals surface area contributed by atoms with Crippen molar-refractivity contribution in [2.75, 3.05) is 9.80 Å². The molecule has 0 heterocycles. The lowest BCUT2D eigenvalue weighted by Gasteiger charge is -2.33. The molecule has 0 aliphatic heterocycles. The van der Waals surface area contributed by atoms with Gasteiger partial charge in [0.2, 0.25) is 0 Å². The number of fused-ring (bicyclic) bond motifs is 14. The van der Waals surface area contributed by atoms with Crippen LogP contribution in [0.1, 0.15) is 33.4 Å². The highest BCUT2D eigenvalue weighted by molar-refractivity contribution is 6.10. The van der Waals surface area contributed by atoms with Crippen LogP contribution in [0.15, 0.2) is 218 Å². The van der Waals surface area contributed by atoms with Gasteiger partial charge in [-0.2, -0.15) is 0 Å². The van der Waals surface area contributed by atoms with Crippen molar-refractivity contribution in [3.8, 4) is 22.3 Å². The molecule has 2 heteroatoms. The monoisotopic (exact) mass is 778 g/mol. The second-order valence-corrected chi connectivity index (χ2v) is 16.5. The maximum Gasteiger partial charge on any atom is 0.0737 e. The Morgan fingerprint density at radius 3 is 1.15 bits per heavy atom. The summed E-state index contributed by atoms with van der Waals surface area (Å²) in [5, 5.41) is 5.01. The van der Waals surface area contributed by atoms with Gasteiger partial charge in [-0.05, 0) is 152 Å². The van der Waals surface area contributed by atoms with E-state index in [-0.39, 0.29) is 0 Å². The fourth-order valence-corrected chi connectivity index (χ4v) is 10.7. The zero-order valence-electron chi connectivity index (χ0n) is 34.2. The maximum atomic E-state index is 2.40. The first-order valence-corrected chi connectivity index (χ1v) is 21.3. The number of para-hydroxylation sites is 4. The number of hydrogen-bond acceptors (Lipinski definition) is 2. The number of aryl methyl sites for hydroxylation is 2. The van der Waals surface area contributed by atoms with Gasteiger partial charge < -0.3 is 9.80 Å². The first-order valence-electron chi connectivity index (χ1n) is 21.3. The van der Waals surface area contributed by atoms with Gasteiger partial charge in [0, 0.05) is 34.1 Å². The molecule has 0 bridgehead atoms. The highest BCUT2D eigenvalue weighted by atomic mass is 15.1. The second kappa shape index (κ2) is 13.7. The lowest BCUT2D eigenvalue weighted by Crippen LogP contribution is -2.26. The zero-order valence-corrected chi connectivity index (χ0v) is 34.2. The van der Waals surface area contributed by atoms with Crippen molar-refractivity contribution in [3.63, 3.8) is 0 Å². The van der Waals surface area contributed by atoms with Crippen molar-refractivity contribution in [2.24, 2.45) is 0 Å². The summed E-state index contributed by atoms with van der Waals surface area (Å²) < 4.78 is 0. The van der Waals surface area contributed by atoms with E-state index in [1.54, 1.807) is 0 Å². The van der Waals surface area contributed by atoms with E-state index in [1.807, 2.05) is 0 Å². The maximum absolute atomic E-state index is 2.40. The van der Waals surface area contributed by atoms with Crippen molar-refractivity contribution in [3.05, 3.63) is 252 Å². The van der Waals surface area contributed by atoms with Crippen molar-refractivity contribution < 1.29 is 0 Å². The highest BCUT2D eigenvalue weighted by Crippen LogP contribution is 2.65. The molecule has 0 amide bonds. The van der Waals surface area contributed by atoms with E-state index in [0.29, 0.717) is 0 Å². The molecule has 0 unspecified atom stereocenters. The van der Waals surface area contributed by atoms with Gasteiger partial charge in [0.15, 0.2) is 0 Å². The Morgan fingerprint density at radius 2 is 0.705 bits per heavy atom. The largest absolute Gasteiger partial charge is 0.310 e. The second-order valence-electron chi connectivity index (χ2n) is 16.5. The molecule has 288 valence electrons. The Bertz CT molecular complexity index is 3120. The van der Waals surface area contributed by atoms with Crippen LogP contribution < -0.4 is 9.80 Å². The van der Waals surface area contributed by atoms with Gasteiger partial charge in [0.25, 0.3) is 0 Å². The standard InChI is InChI=1S/C59H42N2/c1-39-17-9-15-27-55(39)60(43-19-5-3-6-20-43)45-31-35-47-41(37-45)29-33-51-52-34-30-42-38-46(61(44-21-7-4-8-22-44)56-28-16-10-18-40(56)2)32-36-48(42)58(52)59(57(47)51)53-25-13-11-23-49(53)50-24-12-14-26-54(50)59/h3-38H,1-2H3. The number of rotatable bonds is 6. The fourth-order valence-electron chi connectivity index (χ4n) is 10.7. The van der Waals surface area contributed by atoms with E-state index < -0.39 is 5.41 Å². The summed E-state index contributed by atoms with van der Waals surface area (Å²) in [7, 11) is 0. The van der Waals surface area contributed by atoms with Crippen LogP contribution in [-0.4, -0.2) is 0 Å². The molecule has 0 aromatic heterocycles. The Hall–Kier alpha value is -7.68. The van der Waals surface area contributed by atoms with E-state index in [9.17, 15) is 0 Å². The molecular formula is C59H42N2. The van der Waals surface area contributed by atoms with E-state index in [4.69, 9.17) is 0 Å². The van der Waals surface area contributed by atoms with Crippen molar-refractivity contribution in [2.45, 2.75) is 19.3 Å². The van der Waals surface area contributed by atoms with E-state index in [0.717, 1.165) is 22.7 Å². The summed E-state index contributed by atoms with van der Waals surface area (Å²) in [6.45, 7) is 4.40. The molecule has 0 fully saturated rings. The highest BCUT2D eigenvalue weighted by Gasteiger charge is 2.53. The number of benzene rings is 10. The van der Waals surface area contributed by atoms with Gasteiger partial charge in [-0.15, -0.1) is 0 Å². The van der Waals surface area contributed by atoms with Gasteiger partial charge in [-0.3, -0.25) is 0 Å². The molecule has 0 atom stereocenters. The van der Waals surface area contributed by atoms with Crippen LogP contribution in [0.5, 0.6) is 0 Å². The minimum atomic E-state index is -0.524. The Morgan fingerprint density at radius 1 is 0.311 bits per heavy atom. The smallest absolute Gasteiger partial charge is 0.0737 e. The Balaban J connectivity index is 1.12. The number of nitrogens with zero attached hydrogens (tertiary/aromatic N) is 2. The number of hydrogen-bond donors (Lipinski definition) is 0. The van der Waals surface area contributed by atoms with Crippen LogP contribution in [0.3, 0.4) is 0 Å². The van der Waals surface area contributed by atoms with E-state index in [1.165, 1.54) is 88.6 Å². The average Bonchev–Trinajstić information content (AvgIpc) is 3.79. The van der Waals surface area contributed by atoms with Gasteiger partial charge in [0.05, 0.1) is 5.41 Å². The van der Waals surface area contributed by atoms with Gasteiger partial charge in [0.1, 0.15) is 0 Å². The molecule has 0 radical (unpaired) electrons. The summed E-state index contributed by atoms with van der Waals surface area (Å²) in [5.74, 6) is 0. The van der Waals surface area contributed by atoms with Crippen LogP contribution in [-0.2, 0) is 5.41 Å². The van der Waals surface area contributed by atoms with E-state index in [2.05, 4.69) is 242 Å². The Kier molecular flexibility index (Phi) is 7.92. The minimum absolute atomic E-state index is 0.524. The van der Waals surface area contributed by atoms with Crippen LogP contribution in [0, 0.1) is 13.8 Å². The lowest BCUT2D eigenvalue weighted by atomic mass is 9.68. The molecule has 10 aromatic carbocycles. The SMILES string of the molecule is Cc1ccccc1N(c1ccccc1)c1ccc2c3c(ccc2c1)-c1ccc2cc(N(c4ccccc4)c4ccccc4C)ccc2c1C31c2ccccc2-c2ccccc21. The molecule has 61 heavy (non-hydrogen) atoms.